The molecule has 0 fully saturated rings. The first-order valence-electron chi connectivity index (χ1n) is 15.2. The maximum absolute atomic E-state index is 14.5. The van der Waals surface area contributed by atoms with Gasteiger partial charge < -0.3 is 15.0 Å². The van der Waals surface area contributed by atoms with Gasteiger partial charge in [0.2, 0.25) is 11.8 Å². The van der Waals surface area contributed by atoms with Gasteiger partial charge in [0.15, 0.2) is 0 Å². The SMILES string of the molecule is CCOc1ccc(N(CC(=O)N(Cc2ccccc2)C(Cc2ccccc2)C(=O)NC(C)C)S(=O)(=O)c2ccc(SC)cc2)cc1. The number of hydrogen-bond donors (Lipinski definition) is 1. The molecule has 4 rings (SSSR count). The zero-order chi connectivity index (χ0) is 33.1. The molecule has 2 amide bonds. The number of carbonyl (C=O) groups excluding carboxylic acids is 2. The number of nitrogens with zero attached hydrogens (tertiary/aromatic N) is 2. The van der Waals surface area contributed by atoms with Crippen LogP contribution in [-0.2, 0) is 32.6 Å². The minimum atomic E-state index is -4.19. The van der Waals surface area contributed by atoms with Crippen LogP contribution in [0.2, 0.25) is 0 Å². The average molecular weight is 660 g/mol. The molecule has 0 heterocycles. The predicted molar refractivity (Wildman–Crippen MR) is 185 cm³/mol. The highest BCUT2D eigenvalue weighted by Gasteiger charge is 2.34. The van der Waals surface area contributed by atoms with Crippen molar-refractivity contribution in [2.24, 2.45) is 0 Å². The smallest absolute Gasteiger partial charge is 0.264 e. The van der Waals surface area contributed by atoms with Gasteiger partial charge in [0.25, 0.3) is 10.0 Å². The number of anilines is 1. The van der Waals surface area contributed by atoms with E-state index in [4.69, 9.17) is 4.74 Å². The third-order valence-corrected chi connectivity index (χ3v) is 9.79. The van der Waals surface area contributed by atoms with Gasteiger partial charge in [-0.2, -0.15) is 0 Å². The highest BCUT2D eigenvalue weighted by atomic mass is 32.2. The van der Waals surface area contributed by atoms with E-state index >= 15 is 0 Å². The Kier molecular flexibility index (Phi) is 12.3. The maximum Gasteiger partial charge on any atom is 0.264 e. The van der Waals surface area contributed by atoms with Crippen molar-refractivity contribution in [2.75, 3.05) is 23.7 Å². The summed E-state index contributed by atoms with van der Waals surface area (Å²) in [5, 5.41) is 2.97. The maximum atomic E-state index is 14.5. The second kappa shape index (κ2) is 16.3. The molecular formula is C36H41N3O5S2. The van der Waals surface area contributed by atoms with Crippen molar-refractivity contribution in [3.8, 4) is 5.75 Å². The van der Waals surface area contributed by atoms with Crippen LogP contribution in [0, 0.1) is 0 Å². The third-order valence-electron chi connectivity index (χ3n) is 7.26. The Labute approximate surface area is 276 Å². The van der Waals surface area contributed by atoms with E-state index < -0.39 is 28.5 Å². The number of hydrogen-bond acceptors (Lipinski definition) is 6. The lowest BCUT2D eigenvalue weighted by Crippen LogP contribution is -2.54. The molecule has 0 saturated carbocycles. The molecule has 242 valence electrons. The van der Waals surface area contributed by atoms with Crippen LogP contribution in [0.1, 0.15) is 31.9 Å². The summed E-state index contributed by atoms with van der Waals surface area (Å²) >= 11 is 1.50. The van der Waals surface area contributed by atoms with Crippen molar-refractivity contribution in [3.63, 3.8) is 0 Å². The molecule has 0 radical (unpaired) electrons. The van der Waals surface area contributed by atoms with Crippen molar-refractivity contribution in [1.82, 2.24) is 10.2 Å². The van der Waals surface area contributed by atoms with Crippen molar-refractivity contribution < 1.29 is 22.7 Å². The van der Waals surface area contributed by atoms with Crippen LogP contribution >= 0.6 is 11.8 Å². The molecule has 0 aliphatic carbocycles. The molecule has 0 bridgehead atoms. The second-order valence-corrected chi connectivity index (χ2v) is 13.7. The van der Waals surface area contributed by atoms with E-state index in [1.807, 2.05) is 87.7 Å². The van der Waals surface area contributed by atoms with E-state index in [-0.39, 0.29) is 29.8 Å². The summed E-state index contributed by atoms with van der Waals surface area (Å²) in [6, 6.07) is 31.0. The number of nitrogens with one attached hydrogen (secondary N) is 1. The molecule has 0 aliphatic rings. The van der Waals surface area contributed by atoms with E-state index in [0.29, 0.717) is 18.0 Å². The van der Waals surface area contributed by atoms with Crippen LogP contribution in [0.5, 0.6) is 5.75 Å². The van der Waals surface area contributed by atoms with Crippen LogP contribution in [0.15, 0.2) is 119 Å². The molecule has 0 saturated heterocycles. The Morgan fingerprint density at radius 3 is 1.96 bits per heavy atom. The van der Waals surface area contributed by atoms with Gasteiger partial charge >= 0.3 is 0 Å². The Morgan fingerprint density at radius 1 is 0.826 bits per heavy atom. The zero-order valence-electron chi connectivity index (χ0n) is 26.6. The minimum absolute atomic E-state index is 0.0555. The first-order valence-corrected chi connectivity index (χ1v) is 17.9. The molecule has 1 atom stereocenters. The Balaban J connectivity index is 1.79. The van der Waals surface area contributed by atoms with Crippen molar-refractivity contribution in [2.45, 2.75) is 55.6 Å². The molecule has 0 spiro atoms. The van der Waals surface area contributed by atoms with Gasteiger partial charge in [-0.25, -0.2) is 8.42 Å². The lowest BCUT2D eigenvalue weighted by molar-refractivity contribution is -0.140. The van der Waals surface area contributed by atoms with E-state index in [9.17, 15) is 18.0 Å². The van der Waals surface area contributed by atoms with Crippen LogP contribution in [0.3, 0.4) is 0 Å². The van der Waals surface area contributed by atoms with Crippen molar-refractivity contribution in [3.05, 3.63) is 120 Å². The first kappa shape index (κ1) is 34.6. The van der Waals surface area contributed by atoms with Gasteiger partial charge in [0.1, 0.15) is 18.3 Å². The molecule has 8 nitrogen and oxygen atoms in total. The van der Waals surface area contributed by atoms with Gasteiger partial charge in [0, 0.05) is 23.9 Å². The van der Waals surface area contributed by atoms with E-state index in [0.717, 1.165) is 20.3 Å². The first-order chi connectivity index (χ1) is 22.1. The van der Waals surface area contributed by atoms with Crippen molar-refractivity contribution in [1.29, 1.82) is 0 Å². The molecule has 1 N–H and O–H groups in total. The normalized spacial score (nSPS) is 11.9. The summed E-state index contributed by atoms with van der Waals surface area (Å²) in [6.07, 6.45) is 2.17. The average Bonchev–Trinajstić information content (AvgIpc) is 3.06. The molecule has 4 aromatic carbocycles. The largest absolute Gasteiger partial charge is 0.494 e. The molecule has 1 unspecified atom stereocenters. The van der Waals surface area contributed by atoms with Crippen LogP contribution < -0.4 is 14.4 Å². The van der Waals surface area contributed by atoms with Gasteiger partial charge in [-0.1, -0.05) is 60.7 Å². The summed E-state index contributed by atoms with van der Waals surface area (Å²) in [5.41, 5.74) is 1.99. The van der Waals surface area contributed by atoms with E-state index in [2.05, 4.69) is 5.32 Å². The molecule has 4 aromatic rings. The van der Waals surface area contributed by atoms with Gasteiger partial charge in [-0.15, -0.1) is 11.8 Å². The highest BCUT2D eigenvalue weighted by molar-refractivity contribution is 7.98. The number of thioether (sulfide) groups is 1. The fourth-order valence-electron chi connectivity index (χ4n) is 4.99. The number of benzene rings is 4. The number of ether oxygens (including phenoxy) is 1. The van der Waals surface area contributed by atoms with E-state index in [1.165, 1.54) is 16.7 Å². The molecule has 10 heteroatoms. The Bertz CT molecular complexity index is 1660. The molecule has 46 heavy (non-hydrogen) atoms. The van der Waals surface area contributed by atoms with Crippen LogP contribution in [-0.4, -0.2) is 56.6 Å². The number of sulfonamides is 1. The zero-order valence-corrected chi connectivity index (χ0v) is 28.3. The molecule has 0 aromatic heterocycles. The number of carbonyl (C=O) groups is 2. The standard InChI is InChI=1S/C36H41N3O5S2/c1-5-44-31-18-16-30(17-19-31)39(46(42,43)33-22-20-32(45-4)21-23-33)26-35(40)38(25-29-14-10-7-11-15-29)34(36(41)37-27(2)3)24-28-12-8-6-9-13-28/h6-23,27,34H,5,24-26H2,1-4H3,(H,37,41). The molecule has 0 aliphatic heterocycles. The second-order valence-electron chi connectivity index (χ2n) is 11.0. The number of amides is 2. The van der Waals surface area contributed by atoms with E-state index in [1.54, 1.807) is 48.5 Å². The quantitative estimate of drug-likeness (QED) is 0.154. The summed E-state index contributed by atoms with van der Waals surface area (Å²) in [4.78, 5) is 30.8. The van der Waals surface area contributed by atoms with Gasteiger partial charge in [-0.3, -0.25) is 13.9 Å². The predicted octanol–water partition coefficient (Wildman–Crippen LogP) is 6.17. The monoisotopic (exact) mass is 659 g/mol. The topological polar surface area (TPSA) is 96.0 Å². The van der Waals surface area contributed by atoms with Gasteiger partial charge in [-0.05, 0) is 86.7 Å². The third kappa shape index (κ3) is 9.14. The Hall–Kier alpha value is -4.28. The van der Waals surface area contributed by atoms with Crippen LogP contribution in [0.25, 0.3) is 0 Å². The fourth-order valence-corrected chi connectivity index (χ4v) is 6.82. The lowest BCUT2D eigenvalue weighted by Gasteiger charge is -2.34. The molecular weight excluding hydrogens is 619 g/mol. The van der Waals surface area contributed by atoms with Gasteiger partial charge in [0.05, 0.1) is 17.2 Å². The van der Waals surface area contributed by atoms with Crippen LogP contribution in [0.4, 0.5) is 5.69 Å². The Morgan fingerprint density at radius 2 is 1.41 bits per heavy atom. The summed E-state index contributed by atoms with van der Waals surface area (Å²) in [7, 11) is -4.19. The van der Waals surface area contributed by atoms with Crippen molar-refractivity contribution >= 4 is 39.3 Å². The minimum Gasteiger partial charge on any atom is -0.494 e. The fraction of sp³-hybridized carbons (Fsp3) is 0.278. The highest BCUT2D eigenvalue weighted by Crippen LogP contribution is 2.28. The summed E-state index contributed by atoms with van der Waals surface area (Å²) in [6.45, 7) is 5.64. The lowest BCUT2D eigenvalue weighted by atomic mass is 10.0. The summed E-state index contributed by atoms with van der Waals surface area (Å²) in [5.74, 6) is -0.244. The number of rotatable bonds is 15. The summed E-state index contributed by atoms with van der Waals surface area (Å²) < 4.78 is 35.2.